The molecule has 0 bridgehead atoms. The fourth-order valence-electron chi connectivity index (χ4n) is 2.02. The van der Waals surface area contributed by atoms with Gasteiger partial charge in [0.05, 0.1) is 6.04 Å². The first-order valence-electron chi connectivity index (χ1n) is 6.57. The zero-order valence-corrected chi connectivity index (χ0v) is 12.9. The van der Waals surface area contributed by atoms with Gasteiger partial charge in [-0.2, -0.15) is 0 Å². The number of carbonyl (C=O) groups excluding carboxylic acids is 1. The molecule has 1 aromatic heterocycles. The second-order valence-electron chi connectivity index (χ2n) is 4.55. The van der Waals surface area contributed by atoms with Gasteiger partial charge in [0.25, 0.3) is 0 Å². The van der Waals surface area contributed by atoms with Crippen molar-refractivity contribution in [3.63, 3.8) is 0 Å². The highest BCUT2D eigenvalue weighted by atomic mass is 32.1. The fraction of sp³-hybridized carbons (Fsp3) is 0.643. The molecule has 0 saturated carbocycles. The molecule has 1 unspecified atom stereocenters. The second kappa shape index (κ2) is 6.90. The number of nitrogens with zero attached hydrogens (tertiary/aromatic N) is 1. The Labute approximate surface area is 114 Å². The first-order chi connectivity index (χ1) is 8.49. The summed E-state index contributed by atoms with van der Waals surface area (Å²) < 4.78 is 0. The van der Waals surface area contributed by atoms with Crippen LogP contribution in [0.2, 0.25) is 0 Å². The van der Waals surface area contributed by atoms with E-state index in [4.69, 9.17) is 0 Å². The number of thiophene rings is 1. The Morgan fingerprint density at radius 2 is 2.00 bits per heavy atom. The normalized spacial score (nSPS) is 12.5. The number of likely N-dealkylation sites (N-methyl/N-ethyl adjacent to an activating group) is 1. The predicted molar refractivity (Wildman–Crippen MR) is 78.0 cm³/mol. The van der Waals surface area contributed by atoms with Crippen molar-refractivity contribution in [2.75, 3.05) is 13.1 Å². The summed E-state index contributed by atoms with van der Waals surface area (Å²) in [4.78, 5) is 16.6. The summed E-state index contributed by atoms with van der Waals surface area (Å²) in [6.45, 7) is 12.5. The van der Waals surface area contributed by atoms with Gasteiger partial charge in [-0.05, 0) is 46.2 Å². The molecule has 1 N–H and O–H groups in total. The second-order valence-corrected chi connectivity index (χ2v) is 6.01. The molecule has 0 aromatic carbocycles. The maximum absolute atomic E-state index is 12.1. The molecule has 0 saturated heterocycles. The number of aryl methyl sites for hydroxylation is 2. The van der Waals surface area contributed by atoms with E-state index in [1.807, 2.05) is 37.0 Å². The summed E-state index contributed by atoms with van der Waals surface area (Å²) in [5, 5.41) is 3.32. The van der Waals surface area contributed by atoms with Crippen molar-refractivity contribution in [2.45, 2.75) is 47.2 Å². The van der Waals surface area contributed by atoms with Crippen LogP contribution in [0.15, 0.2) is 6.07 Å². The molecule has 102 valence electrons. The maximum atomic E-state index is 12.1. The molecule has 1 rings (SSSR count). The topological polar surface area (TPSA) is 32.3 Å². The van der Waals surface area contributed by atoms with Gasteiger partial charge in [0.2, 0.25) is 5.91 Å². The fourth-order valence-corrected chi connectivity index (χ4v) is 2.96. The molecule has 0 radical (unpaired) electrons. The predicted octanol–water partition coefficient (Wildman–Crippen LogP) is 2.71. The molecule has 3 nitrogen and oxygen atoms in total. The van der Waals surface area contributed by atoms with E-state index in [0.29, 0.717) is 0 Å². The summed E-state index contributed by atoms with van der Waals surface area (Å²) in [5.74, 6) is 0.185. The lowest BCUT2D eigenvalue weighted by atomic mass is 10.2. The van der Waals surface area contributed by atoms with Crippen LogP contribution in [-0.4, -0.2) is 29.9 Å². The molecule has 0 spiro atoms. The first kappa shape index (κ1) is 15.2. The van der Waals surface area contributed by atoms with Crippen molar-refractivity contribution >= 4 is 17.2 Å². The molecule has 1 atom stereocenters. The van der Waals surface area contributed by atoms with E-state index in [1.54, 1.807) is 0 Å². The minimum Gasteiger partial charge on any atom is -0.342 e. The van der Waals surface area contributed by atoms with Crippen molar-refractivity contribution in [1.29, 1.82) is 0 Å². The van der Waals surface area contributed by atoms with Crippen LogP contribution in [0.1, 0.15) is 36.1 Å². The van der Waals surface area contributed by atoms with E-state index in [-0.39, 0.29) is 11.9 Å². The molecule has 4 heteroatoms. The third-order valence-corrected chi connectivity index (χ3v) is 4.20. The smallest absolute Gasteiger partial charge is 0.239 e. The van der Waals surface area contributed by atoms with Crippen molar-refractivity contribution in [3.05, 3.63) is 21.4 Å². The van der Waals surface area contributed by atoms with Gasteiger partial charge >= 0.3 is 0 Å². The lowest BCUT2D eigenvalue weighted by Gasteiger charge is -2.23. The van der Waals surface area contributed by atoms with E-state index in [0.717, 1.165) is 19.6 Å². The summed E-state index contributed by atoms with van der Waals surface area (Å²) in [6.07, 6.45) is 0. The van der Waals surface area contributed by atoms with Crippen LogP contribution in [0.5, 0.6) is 0 Å². The zero-order valence-electron chi connectivity index (χ0n) is 12.0. The molecular formula is C14H24N2OS. The van der Waals surface area contributed by atoms with Crippen molar-refractivity contribution < 1.29 is 4.79 Å². The van der Waals surface area contributed by atoms with E-state index in [1.165, 1.54) is 15.3 Å². The van der Waals surface area contributed by atoms with E-state index >= 15 is 0 Å². The summed E-state index contributed by atoms with van der Waals surface area (Å²) in [7, 11) is 0. The van der Waals surface area contributed by atoms with Gasteiger partial charge in [-0.25, -0.2) is 0 Å². The molecule has 0 aliphatic rings. The Balaban J connectivity index is 2.53. The number of hydrogen-bond donors (Lipinski definition) is 1. The number of hydrogen-bond acceptors (Lipinski definition) is 3. The van der Waals surface area contributed by atoms with Crippen LogP contribution in [0.3, 0.4) is 0 Å². The first-order valence-corrected chi connectivity index (χ1v) is 7.39. The molecule has 0 aliphatic heterocycles. The average molecular weight is 268 g/mol. The average Bonchev–Trinajstić information content (AvgIpc) is 2.66. The van der Waals surface area contributed by atoms with Gasteiger partial charge in [-0.1, -0.05) is 0 Å². The monoisotopic (exact) mass is 268 g/mol. The number of nitrogens with one attached hydrogen (secondary N) is 1. The Morgan fingerprint density at radius 1 is 1.39 bits per heavy atom. The number of rotatable bonds is 6. The SMILES string of the molecule is CCN(CC)C(=O)C(C)NCc1cc(C)sc1C. The van der Waals surface area contributed by atoms with Gasteiger partial charge in [0.15, 0.2) is 0 Å². The van der Waals surface area contributed by atoms with Crippen molar-refractivity contribution in [1.82, 2.24) is 10.2 Å². The Bertz CT molecular complexity index is 396. The standard InChI is InChI=1S/C14H24N2OS/c1-6-16(7-2)14(17)11(4)15-9-13-8-10(3)18-12(13)5/h8,11,15H,6-7,9H2,1-5H3. The highest BCUT2D eigenvalue weighted by Crippen LogP contribution is 2.20. The third-order valence-electron chi connectivity index (χ3n) is 3.19. The molecule has 18 heavy (non-hydrogen) atoms. The van der Waals surface area contributed by atoms with Crippen LogP contribution in [0.4, 0.5) is 0 Å². The minimum absolute atomic E-state index is 0.121. The quantitative estimate of drug-likeness (QED) is 0.860. The van der Waals surface area contributed by atoms with Gasteiger partial charge in [0, 0.05) is 29.4 Å². The lowest BCUT2D eigenvalue weighted by Crippen LogP contribution is -2.44. The minimum atomic E-state index is -0.121. The van der Waals surface area contributed by atoms with Gasteiger partial charge in [-0.15, -0.1) is 11.3 Å². The van der Waals surface area contributed by atoms with Crippen LogP contribution in [-0.2, 0) is 11.3 Å². The van der Waals surface area contributed by atoms with Crippen LogP contribution in [0.25, 0.3) is 0 Å². The number of amides is 1. The third kappa shape index (κ3) is 3.82. The number of carbonyl (C=O) groups is 1. The highest BCUT2D eigenvalue weighted by Gasteiger charge is 2.17. The van der Waals surface area contributed by atoms with Crippen LogP contribution < -0.4 is 5.32 Å². The van der Waals surface area contributed by atoms with E-state index < -0.39 is 0 Å². The highest BCUT2D eigenvalue weighted by molar-refractivity contribution is 7.12. The molecule has 0 aliphatic carbocycles. The van der Waals surface area contributed by atoms with Gasteiger partial charge in [0.1, 0.15) is 0 Å². The Kier molecular flexibility index (Phi) is 5.82. The largest absolute Gasteiger partial charge is 0.342 e. The molecule has 0 fully saturated rings. The molecule has 1 aromatic rings. The summed E-state index contributed by atoms with van der Waals surface area (Å²) in [5.41, 5.74) is 1.30. The Hall–Kier alpha value is -0.870. The zero-order chi connectivity index (χ0) is 13.7. The molecular weight excluding hydrogens is 244 g/mol. The molecule has 1 heterocycles. The van der Waals surface area contributed by atoms with E-state index in [9.17, 15) is 4.79 Å². The summed E-state index contributed by atoms with van der Waals surface area (Å²) in [6, 6.07) is 2.08. The maximum Gasteiger partial charge on any atom is 0.239 e. The lowest BCUT2D eigenvalue weighted by molar-refractivity contribution is -0.132. The van der Waals surface area contributed by atoms with E-state index in [2.05, 4.69) is 25.2 Å². The van der Waals surface area contributed by atoms with Gasteiger partial charge < -0.3 is 10.2 Å². The summed E-state index contributed by atoms with van der Waals surface area (Å²) >= 11 is 1.81. The van der Waals surface area contributed by atoms with Crippen LogP contribution in [0, 0.1) is 13.8 Å². The van der Waals surface area contributed by atoms with Crippen molar-refractivity contribution in [2.24, 2.45) is 0 Å². The van der Waals surface area contributed by atoms with Crippen molar-refractivity contribution in [3.8, 4) is 0 Å². The van der Waals surface area contributed by atoms with Gasteiger partial charge in [-0.3, -0.25) is 4.79 Å². The van der Waals surface area contributed by atoms with Crippen LogP contribution >= 0.6 is 11.3 Å². The molecule has 1 amide bonds. The Morgan fingerprint density at radius 3 is 2.44 bits per heavy atom.